The number of carbonyl (C=O) groups excluding carboxylic acids is 1. The molecule has 4 heteroatoms. The van der Waals surface area contributed by atoms with E-state index in [0.29, 0.717) is 5.56 Å². The number of carbonyl (C=O) groups is 2. The van der Waals surface area contributed by atoms with Crippen LogP contribution in [-0.2, 0) is 4.79 Å². The molecular formula is C11H12O4. The van der Waals surface area contributed by atoms with Crippen LogP contribution in [-0.4, -0.2) is 22.3 Å². The SMILES string of the molecule is Cc1ccc(C(=O)/C=C/C(=O)O)cc1.O. The van der Waals surface area contributed by atoms with E-state index in [1.54, 1.807) is 12.1 Å². The van der Waals surface area contributed by atoms with Crippen molar-refractivity contribution < 1.29 is 20.2 Å². The lowest BCUT2D eigenvalue weighted by atomic mass is 10.1. The molecule has 0 spiro atoms. The number of carboxylic acids is 1. The average Bonchev–Trinajstić information content (AvgIpc) is 2.15. The van der Waals surface area contributed by atoms with Crippen LogP contribution in [0.1, 0.15) is 15.9 Å². The Bertz CT molecular complexity index is 376. The van der Waals surface area contributed by atoms with Gasteiger partial charge in [-0.3, -0.25) is 4.79 Å². The van der Waals surface area contributed by atoms with Crippen LogP contribution in [0.5, 0.6) is 0 Å². The van der Waals surface area contributed by atoms with Crippen LogP contribution in [0.2, 0.25) is 0 Å². The molecule has 0 heterocycles. The van der Waals surface area contributed by atoms with E-state index in [-0.39, 0.29) is 11.3 Å². The zero-order valence-corrected chi connectivity index (χ0v) is 8.23. The Morgan fingerprint density at radius 3 is 2.13 bits per heavy atom. The fraction of sp³-hybridized carbons (Fsp3) is 0.0909. The molecule has 0 radical (unpaired) electrons. The second kappa shape index (κ2) is 5.72. The molecule has 0 aliphatic rings. The molecule has 0 bridgehead atoms. The van der Waals surface area contributed by atoms with Crippen molar-refractivity contribution >= 4 is 11.8 Å². The van der Waals surface area contributed by atoms with Gasteiger partial charge in [0.2, 0.25) is 0 Å². The molecule has 80 valence electrons. The minimum absolute atomic E-state index is 0. The van der Waals surface area contributed by atoms with Gasteiger partial charge in [-0.15, -0.1) is 0 Å². The number of benzene rings is 1. The predicted molar refractivity (Wildman–Crippen MR) is 55.9 cm³/mol. The van der Waals surface area contributed by atoms with E-state index in [2.05, 4.69) is 0 Å². The van der Waals surface area contributed by atoms with Crippen molar-refractivity contribution in [3.05, 3.63) is 47.5 Å². The third-order valence-electron chi connectivity index (χ3n) is 1.71. The van der Waals surface area contributed by atoms with Crippen LogP contribution in [0.25, 0.3) is 0 Å². The molecule has 0 atom stereocenters. The molecule has 0 fully saturated rings. The number of hydrogen-bond acceptors (Lipinski definition) is 2. The van der Waals surface area contributed by atoms with Crippen molar-refractivity contribution in [3.63, 3.8) is 0 Å². The number of aliphatic carboxylic acids is 1. The smallest absolute Gasteiger partial charge is 0.328 e. The second-order valence-corrected chi connectivity index (χ2v) is 2.90. The van der Waals surface area contributed by atoms with Crippen molar-refractivity contribution in [3.8, 4) is 0 Å². The molecule has 1 rings (SSSR count). The van der Waals surface area contributed by atoms with E-state index < -0.39 is 5.97 Å². The summed E-state index contributed by atoms with van der Waals surface area (Å²) in [6, 6.07) is 6.96. The van der Waals surface area contributed by atoms with E-state index in [0.717, 1.165) is 17.7 Å². The molecular weight excluding hydrogens is 196 g/mol. The van der Waals surface area contributed by atoms with Gasteiger partial charge in [0.05, 0.1) is 0 Å². The first-order valence-corrected chi connectivity index (χ1v) is 4.11. The van der Waals surface area contributed by atoms with Crippen LogP contribution in [0.3, 0.4) is 0 Å². The molecule has 0 saturated heterocycles. The highest BCUT2D eigenvalue weighted by Gasteiger charge is 2.00. The molecule has 3 N–H and O–H groups in total. The molecule has 0 unspecified atom stereocenters. The minimum Gasteiger partial charge on any atom is -0.478 e. The Morgan fingerprint density at radius 1 is 1.13 bits per heavy atom. The molecule has 0 aromatic heterocycles. The molecule has 0 aliphatic carbocycles. The molecule has 0 amide bonds. The Kier molecular flexibility index (Phi) is 4.98. The summed E-state index contributed by atoms with van der Waals surface area (Å²) < 4.78 is 0. The summed E-state index contributed by atoms with van der Waals surface area (Å²) in [4.78, 5) is 21.5. The van der Waals surface area contributed by atoms with Gasteiger partial charge in [-0.25, -0.2) is 4.79 Å². The standard InChI is InChI=1S/C11H10O3.H2O/c1-8-2-4-9(5-3-8)10(12)6-7-11(13)14;/h2-7H,1H3,(H,13,14);1H2/b7-6+;. The van der Waals surface area contributed by atoms with Crippen LogP contribution in [0.15, 0.2) is 36.4 Å². The largest absolute Gasteiger partial charge is 0.478 e. The maximum atomic E-state index is 11.3. The molecule has 0 aliphatic heterocycles. The van der Waals surface area contributed by atoms with Gasteiger partial charge in [-0.1, -0.05) is 29.8 Å². The van der Waals surface area contributed by atoms with Crippen molar-refractivity contribution in [2.24, 2.45) is 0 Å². The maximum absolute atomic E-state index is 11.3. The zero-order chi connectivity index (χ0) is 10.6. The summed E-state index contributed by atoms with van der Waals surface area (Å²) in [5.74, 6) is -1.42. The molecule has 4 nitrogen and oxygen atoms in total. The lowest BCUT2D eigenvalue weighted by Crippen LogP contribution is -1.96. The van der Waals surface area contributed by atoms with Crippen LogP contribution in [0, 0.1) is 6.92 Å². The second-order valence-electron chi connectivity index (χ2n) is 2.90. The van der Waals surface area contributed by atoms with Crippen molar-refractivity contribution in [1.29, 1.82) is 0 Å². The number of ketones is 1. The topological polar surface area (TPSA) is 85.9 Å². The molecule has 0 saturated carbocycles. The minimum atomic E-state index is -1.12. The van der Waals surface area contributed by atoms with E-state index in [9.17, 15) is 9.59 Å². The molecule has 15 heavy (non-hydrogen) atoms. The predicted octanol–water partition coefficient (Wildman–Crippen LogP) is 0.994. The van der Waals surface area contributed by atoms with E-state index >= 15 is 0 Å². The maximum Gasteiger partial charge on any atom is 0.328 e. The normalized spacial score (nSPS) is 9.67. The first kappa shape index (κ1) is 13.1. The summed E-state index contributed by atoms with van der Waals surface area (Å²) in [6.07, 6.45) is 1.88. The van der Waals surface area contributed by atoms with Gasteiger partial charge in [0.15, 0.2) is 5.78 Å². The molecule has 1 aromatic rings. The number of carboxylic acid groups (broad SMARTS) is 1. The number of aryl methyl sites for hydroxylation is 1. The van der Waals surface area contributed by atoms with Gasteiger partial charge in [0, 0.05) is 11.6 Å². The van der Waals surface area contributed by atoms with Gasteiger partial charge in [-0.05, 0) is 13.0 Å². The van der Waals surface area contributed by atoms with Crippen molar-refractivity contribution in [2.75, 3.05) is 0 Å². The van der Waals surface area contributed by atoms with E-state index in [4.69, 9.17) is 5.11 Å². The monoisotopic (exact) mass is 208 g/mol. The summed E-state index contributed by atoms with van der Waals surface area (Å²) >= 11 is 0. The Morgan fingerprint density at radius 2 is 1.67 bits per heavy atom. The Balaban J connectivity index is 0.00000196. The third-order valence-corrected chi connectivity index (χ3v) is 1.71. The van der Waals surface area contributed by atoms with Crippen LogP contribution in [0.4, 0.5) is 0 Å². The van der Waals surface area contributed by atoms with Crippen LogP contribution < -0.4 is 0 Å². The van der Waals surface area contributed by atoms with Gasteiger partial charge >= 0.3 is 5.97 Å². The van der Waals surface area contributed by atoms with Gasteiger partial charge in [0.1, 0.15) is 0 Å². The van der Waals surface area contributed by atoms with E-state index in [1.807, 2.05) is 19.1 Å². The highest BCUT2D eigenvalue weighted by atomic mass is 16.4. The van der Waals surface area contributed by atoms with Crippen LogP contribution >= 0.6 is 0 Å². The van der Waals surface area contributed by atoms with Crippen molar-refractivity contribution in [1.82, 2.24) is 0 Å². The fourth-order valence-electron chi connectivity index (χ4n) is 0.961. The highest BCUT2D eigenvalue weighted by Crippen LogP contribution is 2.04. The molecule has 1 aromatic carbocycles. The summed E-state index contributed by atoms with van der Waals surface area (Å²) in [7, 11) is 0. The number of hydrogen-bond donors (Lipinski definition) is 1. The number of rotatable bonds is 3. The lowest BCUT2D eigenvalue weighted by Gasteiger charge is -1.95. The lowest BCUT2D eigenvalue weighted by molar-refractivity contribution is -0.131. The summed E-state index contributed by atoms with van der Waals surface area (Å²) in [5, 5.41) is 8.31. The average molecular weight is 208 g/mol. The van der Waals surface area contributed by atoms with E-state index in [1.165, 1.54) is 0 Å². The Labute approximate surface area is 87.2 Å². The van der Waals surface area contributed by atoms with Gasteiger partial charge in [0.25, 0.3) is 0 Å². The summed E-state index contributed by atoms with van der Waals surface area (Å²) in [5.41, 5.74) is 1.55. The summed E-state index contributed by atoms with van der Waals surface area (Å²) in [6.45, 7) is 1.92. The third kappa shape index (κ3) is 4.19. The highest BCUT2D eigenvalue weighted by molar-refractivity contribution is 6.06. The van der Waals surface area contributed by atoms with Crippen molar-refractivity contribution in [2.45, 2.75) is 6.92 Å². The van der Waals surface area contributed by atoms with Gasteiger partial charge in [-0.2, -0.15) is 0 Å². The zero-order valence-electron chi connectivity index (χ0n) is 8.23. The Hall–Kier alpha value is -1.94. The van der Waals surface area contributed by atoms with Gasteiger partial charge < -0.3 is 10.6 Å². The fourth-order valence-corrected chi connectivity index (χ4v) is 0.961. The first-order valence-electron chi connectivity index (χ1n) is 4.11. The quantitative estimate of drug-likeness (QED) is 0.593. The number of allylic oxidation sites excluding steroid dienone is 1. The first-order chi connectivity index (χ1) is 6.59.